The van der Waals surface area contributed by atoms with Gasteiger partial charge in [0.2, 0.25) is 0 Å². The number of hydrogen-bond acceptors (Lipinski definition) is 3. The van der Waals surface area contributed by atoms with Crippen LogP contribution in [0.25, 0.3) is 0 Å². The molecule has 0 aliphatic carbocycles. The summed E-state index contributed by atoms with van der Waals surface area (Å²) in [5.41, 5.74) is 3.04. The van der Waals surface area contributed by atoms with E-state index in [1.807, 2.05) is 24.3 Å². The molecule has 1 N–H and O–H groups in total. The molecular weight excluding hydrogens is 310 g/mol. The van der Waals surface area contributed by atoms with Crippen LogP contribution in [0.15, 0.2) is 36.4 Å². The summed E-state index contributed by atoms with van der Waals surface area (Å²) in [6.07, 6.45) is 0. The van der Waals surface area contributed by atoms with Gasteiger partial charge in [-0.05, 0) is 40.7 Å². The number of nitrogens with zero attached hydrogens (tertiary/aromatic N) is 1. The van der Waals surface area contributed by atoms with Crippen LogP contribution >= 0.6 is 0 Å². The number of benzene rings is 2. The van der Waals surface area contributed by atoms with Crippen molar-refractivity contribution in [3.8, 4) is 17.6 Å². The van der Waals surface area contributed by atoms with E-state index in [0.717, 1.165) is 22.4 Å². The lowest BCUT2D eigenvalue weighted by atomic mass is 9.79. The first-order chi connectivity index (χ1) is 11.5. The molecule has 0 unspecified atom stereocenters. The van der Waals surface area contributed by atoms with E-state index in [2.05, 4.69) is 47.6 Å². The highest BCUT2D eigenvalue weighted by atomic mass is 16.5. The second-order valence-electron chi connectivity index (χ2n) is 8.46. The maximum Gasteiger partial charge on any atom is 0.123 e. The standard InChI is InChI=1S/C22H27NO2/c1-21(2,3)18-11-17(12-19(20(18)24)22(4,5)6)25-14-16-9-7-15(13-23)8-10-16/h7-12,24H,14H2,1-6H3. The van der Waals surface area contributed by atoms with Crippen molar-refractivity contribution in [2.75, 3.05) is 0 Å². The van der Waals surface area contributed by atoms with Gasteiger partial charge in [-0.2, -0.15) is 5.26 Å². The van der Waals surface area contributed by atoms with Crippen LogP contribution in [-0.4, -0.2) is 5.11 Å². The van der Waals surface area contributed by atoms with Gasteiger partial charge in [0.15, 0.2) is 0 Å². The molecule has 0 aromatic heterocycles. The highest BCUT2D eigenvalue weighted by molar-refractivity contribution is 5.52. The van der Waals surface area contributed by atoms with Gasteiger partial charge in [0.1, 0.15) is 18.1 Å². The monoisotopic (exact) mass is 337 g/mol. The first-order valence-electron chi connectivity index (χ1n) is 8.52. The smallest absolute Gasteiger partial charge is 0.123 e. The van der Waals surface area contributed by atoms with Crippen molar-refractivity contribution in [3.63, 3.8) is 0 Å². The van der Waals surface area contributed by atoms with Gasteiger partial charge in [0, 0.05) is 11.1 Å². The molecule has 0 heterocycles. The fourth-order valence-corrected chi connectivity index (χ4v) is 2.68. The molecule has 0 radical (unpaired) electrons. The normalized spacial score (nSPS) is 11.9. The lowest BCUT2D eigenvalue weighted by Crippen LogP contribution is -2.17. The van der Waals surface area contributed by atoms with Crippen LogP contribution in [0.5, 0.6) is 11.5 Å². The number of hydrogen-bond donors (Lipinski definition) is 1. The van der Waals surface area contributed by atoms with E-state index >= 15 is 0 Å². The van der Waals surface area contributed by atoms with E-state index < -0.39 is 0 Å². The van der Waals surface area contributed by atoms with Gasteiger partial charge in [-0.25, -0.2) is 0 Å². The molecule has 0 saturated heterocycles. The van der Waals surface area contributed by atoms with E-state index in [0.29, 0.717) is 17.9 Å². The fourth-order valence-electron chi connectivity index (χ4n) is 2.68. The summed E-state index contributed by atoms with van der Waals surface area (Å²) < 4.78 is 6.00. The van der Waals surface area contributed by atoms with Crippen molar-refractivity contribution in [1.82, 2.24) is 0 Å². The Labute approximate surface area is 150 Å². The molecule has 3 nitrogen and oxygen atoms in total. The molecule has 0 aliphatic rings. The van der Waals surface area contributed by atoms with E-state index in [-0.39, 0.29) is 10.8 Å². The Morgan fingerprint density at radius 2 is 1.40 bits per heavy atom. The fraction of sp³-hybridized carbons (Fsp3) is 0.409. The topological polar surface area (TPSA) is 53.2 Å². The maximum atomic E-state index is 10.7. The van der Waals surface area contributed by atoms with E-state index in [1.54, 1.807) is 12.1 Å². The van der Waals surface area contributed by atoms with Crippen molar-refractivity contribution < 1.29 is 9.84 Å². The summed E-state index contributed by atoms with van der Waals surface area (Å²) in [7, 11) is 0. The molecule has 0 spiro atoms. The molecule has 25 heavy (non-hydrogen) atoms. The molecule has 3 heteroatoms. The Bertz CT molecular complexity index is 750. The molecule has 2 rings (SSSR count). The average Bonchev–Trinajstić information content (AvgIpc) is 2.52. The van der Waals surface area contributed by atoms with Gasteiger partial charge in [0.25, 0.3) is 0 Å². The van der Waals surface area contributed by atoms with Crippen LogP contribution in [0.1, 0.15) is 63.8 Å². The Hall–Kier alpha value is -2.47. The Balaban J connectivity index is 2.35. The van der Waals surface area contributed by atoms with Gasteiger partial charge in [-0.15, -0.1) is 0 Å². The molecule has 132 valence electrons. The van der Waals surface area contributed by atoms with Gasteiger partial charge in [-0.1, -0.05) is 53.7 Å². The van der Waals surface area contributed by atoms with Gasteiger partial charge >= 0.3 is 0 Å². The third-order valence-electron chi connectivity index (χ3n) is 4.19. The molecular formula is C22H27NO2. The van der Waals surface area contributed by atoms with E-state index in [9.17, 15) is 5.11 Å². The minimum atomic E-state index is -0.183. The summed E-state index contributed by atoms with van der Waals surface area (Å²) in [6.45, 7) is 12.9. The Morgan fingerprint density at radius 3 is 1.80 bits per heavy atom. The lowest BCUT2D eigenvalue weighted by Gasteiger charge is -2.28. The lowest BCUT2D eigenvalue weighted by molar-refractivity contribution is 0.302. The van der Waals surface area contributed by atoms with Gasteiger partial charge < -0.3 is 9.84 Å². The minimum Gasteiger partial charge on any atom is -0.507 e. The average molecular weight is 337 g/mol. The summed E-state index contributed by atoms with van der Waals surface area (Å²) in [5, 5.41) is 19.6. The van der Waals surface area contributed by atoms with E-state index in [4.69, 9.17) is 10.00 Å². The number of ether oxygens (including phenoxy) is 1. The first kappa shape index (κ1) is 18.9. The van der Waals surface area contributed by atoms with Crippen LogP contribution in [0.4, 0.5) is 0 Å². The molecule has 2 aromatic carbocycles. The number of phenols is 1. The second kappa shape index (κ2) is 6.80. The maximum absolute atomic E-state index is 10.7. The minimum absolute atomic E-state index is 0.183. The van der Waals surface area contributed by atoms with Crippen LogP contribution in [-0.2, 0) is 17.4 Å². The molecule has 2 aromatic rings. The molecule has 0 bridgehead atoms. The Morgan fingerprint density at radius 1 is 0.920 bits per heavy atom. The molecule has 0 aliphatic heterocycles. The van der Waals surface area contributed by atoms with Crippen molar-refractivity contribution >= 4 is 0 Å². The quantitative estimate of drug-likeness (QED) is 0.811. The van der Waals surface area contributed by atoms with Crippen molar-refractivity contribution in [3.05, 3.63) is 58.7 Å². The van der Waals surface area contributed by atoms with Gasteiger partial charge in [-0.3, -0.25) is 0 Å². The van der Waals surface area contributed by atoms with Gasteiger partial charge in [0.05, 0.1) is 11.6 Å². The van der Waals surface area contributed by atoms with Crippen LogP contribution in [0, 0.1) is 11.3 Å². The van der Waals surface area contributed by atoms with Crippen molar-refractivity contribution in [1.29, 1.82) is 5.26 Å². The molecule has 0 atom stereocenters. The third kappa shape index (κ3) is 4.54. The summed E-state index contributed by atoms with van der Waals surface area (Å²) in [5.74, 6) is 1.10. The second-order valence-corrected chi connectivity index (χ2v) is 8.46. The third-order valence-corrected chi connectivity index (χ3v) is 4.19. The highest BCUT2D eigenvalue weighted by Gasteiger charge is 2.26. The van der Waals surface area contributed by atoms with E-state index in [1.165, 1.54) is 0 Å². The SMILES string of the molecule is CC(C)(C)c1cc(OCc2ccc(C#N)cc2)cc(C(C)(C)C)c1O. The zero-order chi connectivity index (χ0) is 18.8. The largest absolute Gasteiger partial charge is 0.507 e. The van der Waals surface area contributed by atoms with Crippen LogP contribution < -0.4 is 4.74 Å². The zero-order valence-electron chi connectivity index (χ0n) is 16.0. The highest BCUT2D eigenvalue weighted by Crippen LogP contribution is 2.41. The number of rotatable bonds is 3. The number of aromatic hydroxyl groups is 1. The number of phenolic OH excluding ortho intramolecular Hbond substituents is 1. The van der Waals surface area contributed by atoms with Crippen LogP contribution in [0.3, 0.4) is 0 Å². The molecule has 0 fully saturated rings. The predicted molar refractivity (Wildman–Crippen MR) is 101 cm³/mol. The molecule has 0 saturated carbocycles. The van der Waals surface area contributed by atoms with Crippen molar-refractivity contribution in [2.45, 2.75) is 59.0 Å². The summed E-state index contributed by atoms with van der Waals surface area (Å²) in [4.78, 5) is 0. The van der Waals surface area contributed by atoms with Crippen LogP contribution in [0.2, 0.25) is 0 Å². The zero-order valence-corrected chi connectivity index (χ0v) is 16.0. The Kier molecular flexibility index (Phi) is 5.13. The first-order valence-corrected chi connectivity index (χ1v) is 8.52. The molecule has 0 amide bonds. The summed E-state index contributed by atoms with van der Waals surface area (Å²) >= 11 is 0. The number of nitriles is 1. The summed E-state index contributed by atoms with van der Waals surface area (Å²) in [6, 6.07) is 13.3. The predicted octanol–water partition coefficient (Wildman–Crippen LogP) is 5.44. The van der Waals surface area contributed by atoms with Crippen molar-refractivity contribution in [2.24, 2.45) is 0 Å².